The number of hydrogen-bond acceptors (Lipinski definition) is 4. The molecule has 1 aromatic carbocycles. The monoisotopic (exact) mass is 271 g/mol. The van der Waals surface area contributed by atoms with Gasteiger partial charge in [0.2, 0.25) is 0 Å². The first kappa shape index (κ1) is 12.7. The van der Waals surface area contributed by atoms with Gasteiger partial charge in [0.05, 0.1) is 17.8 Å². The maximum Gasteiger partial charge on any atom is 0.132 e. The molecule has 20 heavy (non-hydrogen) atoms. The third-order valence-electron chi connectivity index (χ3n) is 3.12. The largest absolute Gasteiger partial charge is 0.330 e. The summed E-state index contributed by atoms with van der Waals surface area (Å²) in [7, 11) is 0. The van der Waals surface area contributed by atoms with Gasteiger partial charge in [0, 0.05) is 29.8 Å². The molecule has 102 valence electrons. The van der Waals surface area contributed by atoms with Crippen molar-refractivity contribution in [2.45, 2.75) is 13.0 Å². The van der Waals surface area contributed by atoms with Crippen LogP contribution in [0.15, 0.2) is 36.7 Å². The average Bonchev–Trinajstić information content (AvgIpc) is 2.90. The molecule has 0 fully saturated rings. The van der Waals surface area contributed by atoms with Gasteiger partial charge in [-0.15, -0.1) is 5.10 Å². The maximum atomic E-state index is 13.7. The second kappa shape index (κ2) is 5.34. The van der Waals surface area contributed by atoms with Crippen LogP contribution in [-0.4, -0.2) is 26.5 Å². The Labute approximate surface area is 115 Å². The number of fused-ring (bicyclic) bond motifs is 1. The average molecular weight is 271 g/mol. The molecule has 0 aliphatic rings. The van der Waals surface area contributed by atoms with E-state index in [1.165, 1.54) is 6.07 Å². The number of benzene rings is 1. The normalized spacial score (nSPS) is 11.1. The van der Waals surface area contributed by atoms with Crippen LogP contribution in [-0.2, 0) is 13.0 Å². The Balaban J connectivity index is 1.96. The van der Waals surface area contributed by atoms with E-state index in [0.717, 1.165) is 11.3 Å². The number of rotatable bonds is 4. The van der Waals surface area contributed by atoms with Crippen molar-refractivity contribution >= 4 is 10.9 Å². The molecule has 5 nitrogen and oxygen atoms in total. The molecule has 0 saturated carbocycles. The zero-order valence-corrected chi connectivity index (χ0v) is 10.8. The molecule has 0 spiro atoms. The van der Waals surface area contributed by atoms with Crippen LogP contribution in [0, 0.1) is 5.82 Å². The molecular formula is C14H14FN5. The molecule has 3 aromatic rings. The first-order chi connectivity index (χ1) is 9.78. The van der Waals surface area contributed by atoms with Gasteiger partial charge in [0.25, 0.3) is 0 Å². The summed E-state index contributed by atoms with van der Waals surface area (Å²) in [4.78, 5) is 4.26. The summed E-state index contributed by atoms with van der Waals surface area (Å²) in [6.45, 7) is 1.05. The molecule has 2 aromatic heterocycles. The number of pyridine rings is 1. The standard InChI is InChI=1S/C14H14FN5/c15-13-4-3-10(14-12(13)2-1-7-17-14)8-20-9-11(5-6-16)18-19-20/h1-4,7,9H,5-6,8,16H2. The van der Waals surface area contributed by atoms with Crippen LogP contribution >= 0.6 is 0 Å². The van der Waals surface area contributed by atoms with Crippen LogP contribution in [0.4, 0.5) is 4.39 Å². The lowest BCUT2D eigenvalue weighted by atomic mass is 10.1. The zero-order valence-electron chi connectivity index (χ0n) is 10.8. The molecule has 0 aliphatic carbocycles. The first-order valence-corrected chi connectivity index (χ1v) is 6.39. The molecule has 2 heterocycles. The quantitative estimate of drug-likeness (QED) is 0.781. The smallest absolute Gasteiger partial charge is 0.132 e. The topological polar surface area (TPSA) is 69.6 Å². The summed E-state index contributed by atoms with van der Waals surface area (Å²) < 4.78 is 15.4. The van der Waals surface area contributed by atoms with Gasteiger partial charge in [-0.25, -0.2) is 9.07 Å². The summed E-state index contributed by atoms with van der Waals surface area (Å²) in [5, 5.41) is 8.61. The molecule has 3 rings (SSSR count). The van der Waals surface area contributed by atoms with Crippen molar-refractivity contribution in [1.29, 1.82) is 0 Å². The predicted molar refractivity (Wildman–Crippen MR) is 73.6 cm³/mol. The number of nitrogens with two attached hydrogens (primary N) is 1. The van der Waals surface area contributed by atoms with Crippen molar-refractivity contribution < 1.29 is 4.39 Å². The molecule has 6 heteroatoms. The summed E-state index contributed by atoms with van der Waals surface area (Å²) in [6, 6.07) is 6.64. The van der Waals surface area contributed by atoms with E-state index in [4.69, 9.17) is 5.73 Å². The molecule has 0 bridgehead atoms. The maximum absolute atomic E-state index is 13.7. The highest BCUT2D eigenvalue weighted by molar-refractivity contribution is 5.82. The molecule has 0 aliphatic heterocycles. The van der Waals surface area contributed by atoms with Crippen LogP contribution in [0.2, 0.25) is 0 Å². The van der Waals surface area contributed by atoms with E-state index >= 15 is 0 Å². The Bertz CT molecular complexity index is 737. The van der Waals surface area contributed by atoms with Crippen molar-refractivity contribution in [3.63, 3.8) is 0 Å². The molecule has 0 radical (unpaired) electrons. The fourth-order valence-corrected chi connectivity index (χ4v) is 2.18. The van der Waals surface area contributed by atoms with Gasteiger partial charge in [-0.05, 0) is 24.7 Å². The van der Waals surface area contributed by atoms with Crippen LogP contribution in [0.25, 0.3) is 10.9 Å². The lowest BCUT2D eigenvalue weighted by Gasteiger charge is -2.06. The van der Waals surface area contributed by atoms with Gasteiger partial charge in [0.1, 0.15) is 5.82 Å². The number of aromatic nitrogens is 4. The summed E-state index contributed by atoms with van der Waals surface area (Å²) in [5.41, 5.74) is 7.90. The molecule has 2 N–H and O–H groups in total. The molecule has 0 unspecified atom stereocenters. The number of halogens is 1. The van der Waals surface area contributed by atoms with Gasteiger partial charge in [-0.1, -0.05) is 11.3 Å². The van der Waals surface area contributed by atoms with Crippen LogP contribution in [0.1, 0.15) is 11.3 Å². The highest BCUT2D eigenvalue weighted by Gasteiger charge is 2.08. The van der Waals surface area contributed by atoms with Crippen LogP contribution in [0.5, 0.6) is 0 Å². The highest BCUT2D eigenvalue weighted by Crippen LogP contribution is 2.20. The predicted octanol–water partition coefficient (Wildman–Crippen LogP) is 1.51. The Morgan fingerprint density at radius 3 is 3.00 bits per heavy atom. The SMILES string of the molecule is NCCc1cn(Cc2ccc(F)c3cccnc23)nn1. The van der Waals surface area contributed by atoms with E-state index in [-0.39, 0.29) is 5.82 Å². The third kappa shape index (κ3) is 2.37. The van der Waals surface area contributed by atoms with Crippen LogP contribution < -0.4 is 5.73 Å². The van der Waals surface area contributed by atoms with E-state index in [2.05, 4.69) is 15.3 Å². The van der Waals surface area contributed by atoms with Gasteiger partial charge in [-0.2, -0.15) is 0 Å². The highest BCUT2D eigenvalue weighted by atomic mass is 19.1. The van der Waals surface area contributed by atoms with E-state index in [1.54, 1.807) is 29.1 Å². The van der Waals surface area contributed by atoms with Crippen molar-refractivity contribution in [2.75, 3.05) is 6.54 Å². The minimum atomic E-state index is -0.265. The molecule has 0 saturated heterocycles. The number of hydrogen-bond donors (Lipinski definition) is 1. The van der Waals surface area contributed by atoms with E-state index in [9.17, 15) is 4.39 Å². The van der Waals surface area contributed by atoms with Gasteiger partial charge < -0.3 is 5.73 Å². The Kier molecular flexibility index (Phi) is 3.39. The minimum Gasteiger partial charge on any atom is -0.330 e. The fraction of sp³-hybridized carbons (Fsp3) is 0.214. The summed E-state index contributed by atoms with van der Waals surface area (Å²) >= 11 is 0. The molecular weight excluding hydrogens is 257 g/mol. The Hall–Kier alpha value is -2.34. The van der Waals surface area contributed by atoms with Gasteiger partial charge in [-0.3, -0.25) is 4.98 Å². The Morgan fingerprint density at radius 2 is 2.15 bits per heavy atom. The fourth-order valence-electron chi connectivity index (χ4n) is 2.18. The van der Waals surface area contributed by atoms with Gasteiger partial charge >= 0.3 is 0 Å². The van der Waals surface area contributed by atoms with Crippen LogP contribution in [0.3, 0.4) is 0 Å². The van der Waals surface area contributed by atoms with Crippen molar-refractivity contribution in [1.82, 2.24) is 20.0 Å². The lowest BCUT2D eigenvalue weighted by Crippen LogP contribution is -2.03. The zero-order chi connectivity index (χ0) is 13.9. The molecule has 0 amide bonds. The van der Waals surface area contributed by atoms with E-state index in [0.29, 0.717) is 30.4 Å². The molecule has 0 atom stereocenters. The first-order valence-electron chi connectivity index (χ1n) is 6.39. The second-order valence-corrected chi connectivity index (χ2v) is 4.55. The Morgan fingerprint density at radius 1 is 1.25 bits per heavy atom. The van der Waals surface area contributed by atoms with E-state index in [1.807, 2.05) is 6.20 Å². The lowest BCUT2D eigenvalue weighted by molar-refractivity contribution is 0.633. The summed E-state index contributed by atoms with van der Waals surface area (Å²) in [5.74, 6) is -0.265. The van der Waals surface area contributed by atoms with Gasteiger partial charge in [0.15, 0.2) is 0 Å². The van der Waals surface area contributed by atoms with Crippen molar-refractivity contribution in [2.24, 2.45) is 5.73 Å². The summed E-state index contributed by atoms with van der Waals surface area (Å²) in [6.07, 6.45) is 4.21. The van der Waals surface area contributed by atoms with Crippen molar-refractivity contribution in [3.8, 4) is 0 Å². The third-order valence-corrected chi connectivity index (χ3v) is 3.12. The minimum absolute atomic E-state index is 0.265. The second-order valence-electron chi connectivity index (χ2n) is 4.55. The van der Waals surface area contributed by atoms with Crippen molar-refractivity contribution in [3.05, 3.63) is 53.7 Å². The van der Waals surface area contributed by atoms with E-state index < -0.39 is 0 Å². The number of nitrogens with zero attached hydrogens (tertiary/aromatic N) is 4.